The van der Waals surface area contributed by atoms with Crippen LogP contribution in [0.5, 0.6) is 0 Å². The van der Waals surface area contributed by atoms with Crippen molar-refractivity contribution in [2.24, 2.45) is 11.3 Å². The fraction of sp³-hybridized carbons (Fsp3) is 0.562. The topological polar surface area (TPSA) is 49.3 Å². The molecule has 3 nitrogen and oxygen atoms in total. The molecule has 0 heterocycles. The van der Waals surface area contributed by atoms with Crippen LogP contribution in [0.1, 0.15) is 31.7 Å². The molecule has 1 saturated carbocycles. The molecule has 0 bridgehead atoms. The molecule has 0 radical (unpaired) electrons. The minimum absolute atomic E-state index is 0.166. The second-order valence-corrected chi connectivity index (χ2v) is 5.77. The van der Waals surface area contributed by atoms with Crippen LogP contribution in [0.4, 0.5) is 0 Å². The zero-order valence-corrected chi connectivity index (χ0v) is 11.6. The average molecular weight is 261 g/mol. The number of benzene rings is 1. The number of aliphatic hydroxyl groups is 1. The lowest BCUT2D eigenvalue weighted by atomic mass is 9.95. The van der Waals surface area contributed by atoms with E-state index in [-0.39, 0.29) is 17.9 Å². The van der Waals surface area contributed by atoms with Gasteiger partial charge in [-0.25, -0.2) is 0 Å². The first-order valence-corrected chi connectivity index (χ1v) is 7.09. The number of amides is 1. The maximum atomic E-state index is 12.3. The molecular weight excluding hydrogens is 238 g/mol. The molecular formula is C16H23NO2. The minimum atomic E-state index is -0.166. The third-order valence-electron chi connectivity index (χ3n) is 3.95. The Kier molecular flexibility index (Phi) is 4.59. The Morgan fingerprint density at radius 2 is 2.05 bits per heavy atom. The van der Waals surface area contributed by atoms with Crippen molar-refractivity contribution < 1.29 is 9.90 Å². The summed E-state index contributed by atoms with van der Waals surface area (Å²) in [7, 11) is 0. The maximum Gasteiger partial charge on any atom is 0.226 e. The van der Waals surface area contributed by atoms with E-state index >= 15 is 0 Å². The summed E-state index contributed by atoms with van der Waals surface area (Å²) in [6.07, 6.45) is 3.56. The van der Waals surface area contributed by atoms with Crippen LogP contribution in [-0.2, 0) is 11.2 Å². The van der Waals surface area contributed by atoms with Crippen LogP contribution in [0.15, 0.2) is 30.3 Å². The fourth-order valence-corrected chi connectivity index (χ4v) is 2.40. The quantitative estimate of drug-likeness (QED) is 0.790. The summed E-state index contributed by atoms with van der Waals surface area (Å²) in [6.45, 7) is 2.90. The van der Waals surface area contributed by atoms with E-state index in [4.69, 9.17) is 5.11 Å². The van der Waals surface area contributed by atoms with Gasteiger partial charge in [0.15, 0.2) is 0 Å². The van der Waals surface area contributed by atoms with Gasteiger partial charge in [0.1, 0.15) is 0 Å². The first-order chi connectivity index (χ1) is 9.16. The summed E-state index contributed by atoms with van der Waals surface area (Å²) in [6, 6.07) is 10.2. The number of carbonyl (C=O) groups excluding carboxylic acids is 1. The number of aliphatic hydroxyl groups excluding tert-OH is 1. The number of hydrogen-bond acceptors (Lipinski definition) is 2. The first-order valence-electron chi connectivity index (χ1n) is 7.09. The van der Waals surface area contributed by atoms with Crippen molar-refractivity contribution in [3.8, 4) is 0 Å². The lowest BCUT2D eigenvalue weighted by molar-refractivity contribution is -0.126. The molecule has 19 heavy (non-hydrogen) atoms. The molecule has 1 aliphatic rings. The lowest BCUT2D eigenvalue weighted by Gasteiger charge is -2.17. The molecule has 0 saturated heterocycles. The van der Waals surface area contributed by atoms with E-state index in [9.17, 15) is 4.79 Å². The number of rotatable bonds is 7. The van der Waals surface area contributed by atoms with Crippen molar-refractivity contribution in [2.45, 2.75) is 32.6 Å². The normalized spacial score (nSPS) is 17.8. The van der Waals surface area contributed by atoms with E-state index in [1.165, 1.54) is 5.56 Å². The van der Waals surface area contributed by atoms with Crippen molar-refractivity contribution in [1.82, 2.24) is 5.32 Å². The second kappa shape index (κ2) is 6.20. The minimum Gasteiger partial charge on any atom is -0.396 e. The third kappa shape index (κ3) is 3.80. The second-order valence-electron chi connectivity index (χ2n) is 5.77. The van der Waals surface area contributed by atoms with E-state index < -0.39 is 0 Å². The highest BCUT2D eigenvalue weighted by molar-refractivity contribution is 5.85. The molecule has 1 amide bonds. The van der Waals surface area contributed by atoms with Crippen LogP contribution in [0.25, 0.3) is 0 Å². The molecule has 1 unspecified atom stereocenters. The highest BCUT2D eigenvalue weighted by Crippen LogP contribution is 2.48. The number of hydrogen-bond donors (Lipinski definition) is 2. The highest BCUT2D eigenvalue weighted by atomic mass is 16.3. The SMILES string of the molecule is CC(CCO)CNC(=O)C1(Cc2ccccc2)CC1. The molecule has 1 aromatic rings. The standard InChI is InChI=1S/C16H23NO2/c1-13(7-10-18)12-17-15(19)16(8-9-16)11-14-5-3-2-4-6-14/h2-6,13,18H,7-12H2,1H3,(H,17,19). The van der Waals surface area contributed by atoms with Crippen molar-refractivity contribution in [1.29, 1.82) is 0 Å². The highest BCUT2D eigenvalue weighted by Gasteiger charge is 2.49. The Morgan fingerprint density at radius 1 is 1.37 bits per heavy atom. The maximum absolute atomic E-state index is 12.3. The summed E-state index contributed by atoms with van der Waals surface area (Å²) >= 11 is 0. The predicted octanol–water partition coefficient (Wildman–Crippen LogP) is 2.14. The average Bonchev–Trinajstić information content (AvgIpc) is 3.18. The lowest BCUT2D eigenvalue weighted by Crippen LogP contribution is -2.36. The van der Waals surface area contributed by atoms with Crippen LogP contribution < -0.4 is 5.32 Å². The van der Waals surface area contributed by atoms with Gasteiger partial charge in [-0.15, -0.1) is 0 Å². The molecule has 1 fully saturated rings. The van der Waals surface area contributed by atoms with Gasteiger partial charge in [0.25, 0.3) is 0 Å². The molecule has 2 rings (SSSR count). The summed E-state index contributed by atoms with van der Waals surface area (Å²) in [5.41, 5.74) is 1.07. The zero-order valence-electron chi connectivity index (χ0n) is 11.6. The van der Waals surface area contributed by atoms with Crippen LogP contribution in [-0.4, -0.2) is 24.2 Å². The van der Waals surface area contributed by atoms with Gasteiger partial charge in [0.2, 0.25) is 5.91 Å². The molecule has 2 N–H and O–H groups in total. The predicted molar refractivity (Wildman–Crippen MR) is 75.7 cm³/mol. The number of nitrogens with one attached hydrogen (secondary N) is 1. The zero-order chi connectivity index (χ0) is 13.7. The van der Waals surface area contributed by atoms with E-state index in [0.29, 0.717) is 12.5 Å². The Hall–Kier alpha value is -1.35. The number of carbonyl (C=O) groups is 1. The van der Waals surface area contributed by atoms with Crippen molar-refractivity contribution in [3.05, 3.63) is 35.9 Å². The van der Waals surface area contributed by atoms with Gasteiger partial charge in [-0.2, -0.15) is 0 Å². The van der Waals surface area contributed by atoms with Crippen LogP contribution in [0.3, 0.4) is 0 Å². The van der Waals surface area contributed by atoms with Gasteiger partial charge in [-0.05, 0) is 37.2 Å². The molecule has 0 aliphatic heterocycles. The Bertz CT molecular complexity index is 412. The van der Waals surface area contributed by atoms with Gasteiger partial charge in [-0.3, -0.25) is 4.79 Å². The molecule has 104 valence electrons. The van der Waals surface area contributed by atoms with Crippen molar-refractivity contribution in [3.63, 3.8) is 0 Å². The van der Waals surface area contributed by atoms with Crippen molar-refractivity contribution in [2.75, 3.05) is 13.2 Å². The largest absolute Gasteiger partial charge is 0.396 e. The van der Waals surface area contributed by atoms with E-state index in [1.54, 1.807) is 0 Å². The molecule has 0 aromatic heterocycles. The van der Waals surface area contributed by atoms with E-state index in [2.05, 4.69) is 17.4 Å². The fourth-order valence-electron chi connectivity index (χ4n) is 2.40. The molecule has 1 aliphatic carbocycles. The summed E-state index contributed by atoms with van der Waals surface area (Å²) in [5, 5.41) is 11.9. The Labute approximate surface area is 115 Å². The van der Waals surface area contributed by atoms with E-state index in [1.807, 2.05) is 25.1 Å². The van der Waals surface area contributed by atoms with Gasteiger partial charge in [0, 0.05) is 13.2 Å². The smallest absolute Gasteiger partial charge is 0.226 e. The van der Waals surface area contributed by atoms with Crippen LogP contribution >= 0.6 is 0 Å². The first kappa shape index (κ1) is 14.1. The Balaban J connectivity index is 1.85. The Morgan fingerprint density at radius 3 is 2.63 bits per heavy atom. The molecule has 3 heteroatoms. The van der Waals surface area contributed by atoms with Gasteiger partial charge < -0.3 is 10.4 Å². The van der Waals surface area contributed by atoms with Crippen LogP contribution in [0, 0.1) is 11.3 Å². The van der Waals surface area contributed by atoms with E-state index in [0.717, 1.165) is 25.7 Å². The molecule has 1 atom stereocenters. The monoisotopic (exact) mass is 261 g/mol. The molecule has 1 aromatic carbocycles. The van der Waals surface area contributed by atoms with Crippen LogP contribution in [0.2, 0.25) is 0 Å². The third-order valence-corrected chi connectivity index (χ3v) is 3.95. The van der Waals surface area contributed by atoms with Gasteiger partial charge in [-0.1, -0.05) is 37.3 Å². The van der Waals surface area contributed by atoms with Gasteiger partial charge in [0.05, 0.1) is 5.41 Å². The summed E-state index contributed by atoms with van der Waals surface area (Å²) in [4.78, 5) is 12.3. The van der Waals surface area contributed by atoms with Crippen molar-refractivity contribution >= 4 is 5.91 Å². The molecule has 0 spiro atoms. The summed E-state index contributed by atoms with van der Waals surface area (Å²) < 4.78 is 0. The van der Waals surface area contributed by atoms with Gasteiger partial charge >= 0.3 is 0 Å². The summed E-state index contributed by atoms with van der Waals surface area (Å²) in [5.74, 6) is 0.516.